The van der Waals surface area contributed by atoms with Gasteiger partial charge in [0.05, 0.1) is 0 Å². The van der Waals surface area contributed by atoms with Gasteiger partial charge in [0, 0.05) is 51.5 Å². The summed E-state index contributed by atoms with van der Waals surface area (Å²) in [6, 6.07) is 74.2. The molecule has 0 bridgehead atoms. The van der Waals surface area contributed by atoms with Gasteiger partial charge in [0.2, 0.25) is 0 Å². The number of hydrogen-bond acceptors (Lipinski definition) is 2. The first-order valence-corrected chi connectivity index (χ1v) is 25.0. The van der Waals surface area contributed by atoms with Crippen LogP contribution in [-0.4, -0.2) is 0 Å². The van der Waals surface area contributed by atoms with Crippen molar-refractivity contribution in [3.63, 3.8) is 0 Å². The van der Waals surface area contributed by atoms with Crippen LogP contribution in [0.5, 0.6) is 0 Å². The summed E-state index contributed by atoms with van der Waals surface area (Å²) in [5, 5.41) is 5.27. The van der Waals surface area contributed by atoms with Gasteiger partial charge in [-0.1, -0.05) is 156 Å². The number of aryl methyl sites for hydroxylation is 4. The molecule has 12 aromatic rings. The molecule has 67 heavy (non-hydrogen) atoms. The van der Waals surface area contributed by atoms with E-state index in [2.05, 4.69) is 222 Å². The fourth-order valence-corrected chi connectivity index (χ4v) is 12.8. The second-order valence-electron chi connectivity index (χ2n) is 18.8. The standard InChI is InChI=1S/C65H46S2/c1-38-5-13-42(14-6-38)46-25-27-62-58(30-46)60-36-52(44-17-9-40(3)10-18-44)34-56(64(60)66-62)50-23-21-48-29-49-22-24-51(33-55(49)54(48)32-50)57-35-53(45-19-11-41(4)12-20-45)37-61-59-31-47(26-28-63(59)67-65(57)61)43-15-7-39(2)8-16-43/h5-28,30-37H,29H2,1-4H3. The third-order valence-electron chi connectivity index (χ3n) is 14.2. The molecule has 0 atom stereocenters. The Morgan fingerprint density at radius 1 is 0.254 bits per heavy atom. The Morgan fingerprint density at radius 3 is 0.925 bits per heavy atom. The normalized spacial score (nSPS) is 12.1. The highest BCUT2D eigenvalue weighted by molar-refractivity contribution is 7.26. The minimum atomic E-state index is 0.943. The van der Waals surface area contributed by atoms with E-state index in [0.29, 0.717) is 0 Å². The summed E-state index contributed by atoms with van der Waals surface area (Å²) >= 11 is 3.84. The molecule has 0 saturated heterocycles. The third kappa shape index (κ3) is 6.94. The zero-order valence-corrected chi connectivity index (χ0v) is 39.6. The van der Waals surface area contributed by atoms with E-state index in [-0.39, 0.29) is 0 Å². The van der Waals surface area contributed by atoms with Gasteiger partial charge in [-0.05, 0) is 173 Å². The molecule has 0 N–H and O–H groups in total. The van der Waals surface area contributed by atoms with Crippen LogP contribution in [0.4, 0.5) is 0 Å². The Labute approximate surface area is 400 Å². The Balaban J connectivity index is 0.970. The molecule has 0 amide bonds. The van der Waals surface area contributed by atoms with E-state index < -0.39 is 0 Å². The van der Waals surface area contributed by atoms with Gasteiger partial charge in [0.1, 0.15) is 0 Å². The SMILES string of the molecule is Cc1ccc(-c2ccc3sc4c(-c5ccc6c(c5)-c5cc(-c7cc(-c8ccc(C)cc8)cc8c7sc7ccc(-c9ccc(C)cc9)cc78)ccc5C6)cc(-c5ccc(C)cc5)cc4c3c2)cc1. The van der Waals surface area contributed by atoms with Crippen LogP contribution in [0.25, 0.3) is 118 Å². The van der Waals surface area contributed by atoms with E-state index in [1.165, 1.54) is 152 Å². The zero-order chi connectivity index (χ0) is 44.9. The maximum atomic E-state index is 2.49. The van der Waals surface area contributed by atoms with Crippen molar-refractivity contribution in [2.45, 2.75) is 34.1 Å². The number of hydrogen-bond donors (Lipinski definition) is 0. The lowest BCUT2D eigenvalue weighted by Crippen LogP contribution is -1.87. The van der Waals surface area contributed by atoms with E-state index >= 15 is 0 Å². The Morgan fingerprint density at radius 2 is 0.552 bits per heavy atom. The largest absolute Gasteiger partial charge is 0.135 e. The number of fused-ring (bicyclic) bond motifs is 9. The first-order valence-electron chi connectivity index (χ1n) is 23.3. The van der Waals surface area contributed by atoms with Crippen molar-refractivity contribution in [3.05, 3.63) is 228 Å². The molecular weight excluding hydrogens is 845 g/mol. The lowest BCUT2D eigenvalue weighted by molar-refractivity contribution is 1.26. The molecule has 0 aliphatic heterocycles. The summed E-state index contributed by atoms with van der Waals surface area (Å²) in [5.74, 6) is 0. The Kier molecular flexibility index (Phi) is 9.32. The third-order valence-corrected chi connectivity index (χ3v) is 16.6. The highest BCUT2D eigenvalue weighted by atomic mass is 32.1. The maximum absolute atomic E-state index is 2.49. The Bertz CT molecular complexity index is 3670. The van der Waals surface area contributed by atoms with Crippen LogP contribution in [-0.2, 0) is 6.42 Å². The molecule has 0 saturated carbocycles. The van der Waals surface area contributed by atoms with Gasteiger partial charge in [-0.2, -0.15) is 0 Å². The molecule has 1 aliphatic rings. The topological polar surface area (TPSA) is 0 Å². The summed E-state index contributed by atoms with van der Waals surface area (Å²) in [6.07, 6.45) is 0.943. The molecule has 0 radical (unpaired) electrons. The van der Waals surface area contributed by atoms with Crippen LogP contribution in [0.3, 0.4) is 0 Å². The van der Waals surface area contributed by atoms with E-state index in [1.807, 2.05) is 22.7 Å². The van der Waals surface area contributed by atoms with Gasteiger partial charge in [-0.25, -0.2) is 0 Å². The molecule has 13 rings (SSSR count). The highest BCUT2D eigenvalue weighted by Crippen LogP contribution is 2.49. The molecule has 0 unspecified atom stereocenters. The predicted octanol–water partition coefficient (Wildman–Crippen LogP) is 19.2. The second-order valence-corrected chi connectivity index (χ2v) is 20.9. The summed E-state index contributed by atoms with van der Waals surface area (Å²) in [6.45, 7) is 8.64. The van der Waals surface area contributed by atoms with Crippen molar-refractivity contribution in [2.75, 3.05) is 0 Å². The summed E-state index contributed by atoms with van der Waals surface area (Å²) in [5.41, 5.74) is 25.7. The van der Waals surface area contributed by atoms with Crippen molar-refractivity contribution < 1.29 is 0 Å². The van der Waals surface area contributed by atoms with Crippen molar-refractivity contribution in [2.24, 2.45) is 0 Å². The Hall–Kier alpha value is -7.36. The molecule has 1 aliphatic carbocycles. The summed E-state index contributed by atoms with van der Waals surface area (Å²) in [7, 11) is 0. The van der Waals surface area contributed by atoms with Crippen molar-refractivity contribution >= 4 is 63.0 Å². The van der Waals surface area contributed by atoms with Crippen LogP contribution in [0.1, 0.15) is 33.4 Å². The molecule has 0 fully saturated rings. The molecule has 10 aromatic carbocycles. The average Bonchev–Trinajstić information content (AvgIpc) is 4.04. The van der Waals surface area contributed by atoms with E-state index in [4.69, 9.17) is 0 Å². The van der Waals surface area contributed by atoms with Crippen LogP contribution in [0, 0.1) is 27.7 Å². The zero-order valence-electron chi connectivity index (χ0n) is 38.0. The first-order chi connectivity index (χ1) is 32.8. The van der Waals surface area contributed by atoms with Gasteiger partial charge in [-0.15, -0.1) is 22.7 Å². The van der Waals surface area contributed by atoms with Gasteiger partial charge in [-0.3, -0.25) is 0 Å². The van der Waals surface area contributed by atoms with Crippen molar-refractivity contribution in [1.82, 2.24) is 0 Å². The van der Waals surface area contributed by atoms with Gasteiger partial charge >= 0.3 is 0 Å². The summed E-state index contributed by atoms with van der Waals surface area (Å²) < 4.78 is 5.31. The molecular formula is C65H46S2. The van der Waals surface area contributed by atoms with Crippen molar-refractivity contribution in [3.8, 4) is 77.9 Å². The van der Waals surface area contributed by atoms with E-state index in [0.717, 1.165) is 6.42 Å². The van der Waals surface area contributed by atoms with Gasteiger partial charge in [0.25, 0.3) is 0 Å². The monoisotopic (exact) mass is 890 g/mol. The smallest absolute Gasteiger partial charge is 0.0434 e. The highest BCUT2D eigenvalue weighted by Gasteiger charge is 2.23. The van der Waals surface area contributed by atoms with Crippen LogP contribution in [0.2, 0.25) is 0 Å². The number of rotatable bonds is 6. The second kappa shape index (κ2) is 15.6. The maximum Gasteiger partial charge on any atom is 0.0434 e. The fourth-order valence-electron chi connectivity index (χ4n) is 10.4. The summed E-state index contributed by atoms with van der Waals surface area (Å²) in [4.78, 5) is 0. The lowest BCUT2D eigenvalue weighted by Gasteiger charge is -2.13. The van der Waals surface area contributed by atoms with E-state index in [9.17, 15) is 0 Å². The first kappa shape index (κ1) is 40.0. The molecule has 2 aromatic heterocycles. The van der Waals surface area contributed by atoms with Crippen molar-refractivity contribution in [1.29, 1.82) is 0 Å². The predicted molar refractivity (Wildman–Crippen MR) is 292 cm³/mol. The van der Waals surface area contributed by atoms with E-state index in [1.54, 1.807) is 0 Å². The van der Waals surface area contributed by atoms with Crippen LogP contribution >= 0.6 is 22.7 Å². The minimum Gasteiger partial charge on any atom is -0.135 e. The van der Waals surface area contributed by atoms with Gasteiger partial charge < -0.3 is 0 Å². The number of thiophene rings is 2. The minimum absolute atomic E-state index is 0.943. The fraction of sp³-hybridized carbons (Fsp3) is 0.0769. The van der Waals surface area contributed by atoms with Crippen LogP contribution < -0.4 is 0 Å². The lowest BCUT2D eigenvalue weighted by atomic mass is 9.92. The molecule has 2 heterocycles. The number of benzene rings is 10. The molecule has 0 spiro atoms. The quantitative estimate of drug-likeness (QED) is 0.156. The molecule has 318 valence electrons. The molecule has 0 nitrogen and oxygen atoms in total. The van der Waals surface area contributed by atoms with Gasteiger partial charge in [0.15, 0.2) is 0 Å². The molecule has 2 heteroatoms. The van der Waals surface area contributed by atoms with Crippen LogP contribution in [0.15, 0.2) is 194 Å². The average molecular weight is 891 g/mol.